The topological polar surface area (TPSA) is 22.1 Å². The lowest BCUT2D eigenvalue weighted by atomic mass is 10.0. The molecule has 104 valence electrons. The molecule has 2 rings (SSSR count). The maximum Gasteiger partial charge on any atom is 0.111 e. The maximum atomic E-state index is 6.25. The van der Waals surface area contributed by atoms with Gasteiger partial charge in [0.25, 0.3) is 0 Å². The molecule has 2 aromatic rings. The molecule has 0 saturated heterocycles. The Morgan fingerprint density at radius 2 is 2.10 bits per heavy atom. The van der Waals surface area contributed by atoms with Gasteiger partial charge in [-0.25, -0.2) is 0 Å². The minimum Gasteiger partial charge on any atom is -0.363 e. The highest BCUT2D eigenvalue weighted by atomic mass is 35.5. The molecule has 0 aliphatic rings. The normalized spacial score (nSPS) is 12.2. The Morgan fingerprint density at radius 1 is 1.30 bits per heavy atom. The number of rotatable bonds is 5. The van der Waals surface area contributed by atoms with Gasteiger partial charge in [0.15, 0.2) is 0 Å². The third kappa shape index (κ3) is 3.97. The van der Waals surface area contributed by atoms with Gasteiger partial charge in [-0.3, -0.25) is 4.98 Å². The van der Waals surface area contributed by atoms with Gasteiger partial charge in [0.05, 0.1) is 6.61 Å². The van der Waals surface area contributed by atoms with Crippen molar-refractivity contribution in [1.82, 2.24) is 4.98 Å². The molecule has 1 aromatic carbocycles. The monoisotopic (exact) mass is 327 g/mol. The van der Waals surface area contributed by atoms with Crippen LogP contribution in [0.4, 0.5) is 0 Å². The van der Waals surface area contributed by atoms with Gasteiger partial charge in [-0.05, 0) is 18.2 Å². The van der Waals surface area contributed by atoms with Gasteiger partial charge >= 0.3 is 0 Å². The lowest BCUT2D eigenvalue weighted by Crippen LogP contribution is -2.08. The fraction of sp³-hybridized carbons (Fsp3) is 0.133. The SMILES string of the molecule is C=C(Cl)COC(c1cccnc1)c1ccc(Cl)cc1Cl. The van der Waals surface area contributed by atoms with Crippen LogP contribution in [0.15, 0.2) is 54.3 Å². The maximum absolute atomic E-state index is 6.25. The summed E-state index contributed by atoms with van der Waals surface area (Å²) >= 11 is 17.9. The zero-order valence-corrected chi connectivity index (χ0v) is 12.8. The molecule has 1 aromatic heterocycles. The van der Waals surface area contributed by atoms with E-state index in [9.17, 15) is 0 Å². The molecule has 2 nitrogen and oxygen atoms in total. The van der Waals surface area contributed by atoms with E-state index >= 15 is 0 Å². The van der Waals surface area contributed by atoms with Crippen LogP contribution in [0.1, 0.15) is 17.2 Å². The first-order valence-corrected chi connectivity index (χ1v) is 7.01. The zero-order chi connectivity index (χ0) is 14.5. The third-order valence-electron chi connectivity index (χ3n) is 2.64. The van der Waals surface area contributed by atoms with Crippen LogP contribution < -0.4 is 0 Å². The van der Waals surface area contributed by atoms with Gasteiger partial charge in [-0.2, -0.15) is 0 Å². The summed E-state index contributed by atoms with van der Waals surface area (Å²) in [5, 5.41) is 1.53. The molecule has 0 saturated carbocycles. The van der Waals surface area contributed by atoms with Crippen LogP contribution in [0.3, 0.4) is 0 Å². The van der Waals surface area contributed by atoms with E-state index in [2.05, 4.69) is 11.6 Å². The van der Waals surface area contributed by atoms with Crippen molar-refractivity contribution in [1.29, 1.82) is 0 Å². The zero-order valence-electron chi connectivity index (χ0n) is 10.5. The average molecular weight is 329 g/mol. The summed E-state index contributed by atoms with van der Waals surface area (Å²) in [6, 6.07) is 9.04. The summed E-state index contributed by atoms with van der Waals surface area (Å²) in [4.78, 5) is 4.10. The first-order chi connectivity index (χ1) is 9.58. The third-order valence-corrected chi connectivity index (χ3v) is 3.31. The van der Waals surface area contributed by atoms with Crippen LogP contribution in [0, 0.1) is 0 Å². The van der Waals surface area contributed by atoms with Crippen LogP contribution in [-0.2, 0) is 4.74 Å². The standard InChI is InChI=1S/C15H12Cl3NO/c1-10(16)9-20-15(11-3-2-6-19-8-11)13-5-4-12(17)7-14(13)18/h2-8,15H,1,9H2. The van der Waals surface area contributed by atoms with E-state index < -0.39 is 0 Å². The van der Waals surface area contributed by atoms with Crippen molar-refractivity contribution in [2.45, 2.75) is 6.10 Å². The van der Waals surface area contributed by atoms with Gasteiger partial charge in [0.2, 0.25) is 0 Å². The second-order valence-corrected chi connectivity index (χ2v) is 5.54. The van der Waals surface area contributed by atoms with E-state index in [1.807, 2.05) is 18.2 Å². The van der Waals surface area contributed by atoms with Crippen molar-refractivity contribution in [2.24, 2.45) is 0 Å². The molecule has 0 aliphatic heterocycles. The molecule has 0 radical (unpaired) electrons. The van der Waals surface area contributed by atoms with Crippen molar-refractivity contribution >= 4 is 34.8 Å². The van der Waals surface area contributed by atoms with Crippen molar-refractivity contribution < 1.29 is 4.74 Å². The summed E-state index contributed by atoms with van der Waals surface area (Å²) in [5.41, 5.74) is 1.69. The molecule has 0 aliphatic carbocycles. The average Bonchev–Trinajstić information content (AvgIpc) is 2.42. The number of pyridine rings is 1. The molecular weight excluding hydrogens is 317 g/mol. The van der Waals surface area contributed by atoms with Crippen LogP contribution in [0.25, 0.3) is 0 Å². The first kappa shape index (κ1) is 15.3. The largest absolute Gasteiger partial charge is 0.363 e. The predicted octanol–water partition coefficient (Wildman–Crippen LogP) is 5.25. The molecule has 0 amide bonds. The predicted molar refractivity (Wildman–Crippen MR) is 83.5 cm³/mol. The highest BCUT2D eigenvalue weighted by Crippen LogP contribution is 2.33. The van der Waals surface area contributed by atoms with Crippen molar-refractivity contribution in [3.05, 3.63) is 75.5 Å². The Balaban J connectivity index is 2.37. The Morgan fingerprint density at radius 3 is 2.70 bits per heavy atom. The number of benzene rings is 1. The van der Waals surface area contributed by atoms with E-state index in [1.165, 1.54) is 0 Å². The number of ether oxygens (including phenoxy) is 1. The van der Waals surface area contributed by atoms with Crippen LogP contribution in [0.5, 0.6) is 0 Å². The first-order valence-electron chi connectivity index (χ1n) is 5.87. The van der Waals surface area contributed by atoms with Gasteiger partial charge in [0.1, 0.15) is 6.10 Å². The van der Waals surface area contributed by atoms with E-state index in [1.54, 1.807) is 24.5 Å². The second-order valence-electron chi connectivity index (χ2n) is 4.16. The summed E-state index contributed by atoms with van der Waals surface area (Å²) in [7, 11) is 0. The quantitative estimate of drug-likeness (QED) is 0.748. The Kier molecular flexibility index (Phi) is 5.44. The Labute approximate surface area is 133 Å². The Hall–Kier alpha value is -1.06. The Bertz CT molecular complexity index is 601. The van der Waals surface area contributed by atoms with E-state index in [0.29, 0.717) is 15.1 Å². The minimum atomic E-state index is -0.371. The summed E-state index contributed by atoms with van der Waals surface area (Å²) in [5.74, 6) is 0. The summed E-state index contributed by atoms with van der Waals surface area (Å²) in [6.07, 6.45) is 3.06. The molecule has 0 bridgehead atoms. The van der Waals surface area contributed by atoms with E-state index in [4.69, 9.17) is 39.5 Å². The van der Waals surface area contributed by atoms with E-state index in [-0.39, 0.29) is 12.7 Å². The van der Waals surface area contributed by atoms with Crippen LogP contribution >= 0.6 is 34.8 Å². The van der Waals surface area contributed by atoms with E-state index in [0.717, 1.165) is 11.1 Å². The molecule has 1 unspecified atom stereocenters. The summed E-state index contributed by atoms with van der Waals surface area (Å²) < 4.78 is 5.80. The summed E-state index contributed by atoms with van der Waals surface area (Å²) in [6.45, 7) is 3.84. The van der Waals surface area contributed by atoms with Gasteiger partial charge < -0.3 is 4.74 Å². The lowest BCUT2D eigenvalue weighted by molar-refractivity contribution is 0.102. The number of nitrogens with zero attached hydrogens (tertiary/aromatic N) is 1. The number of aromatic nitrogens is 1. The molecule has 20 heavy (non-hydrogen) atoms. The molecule has 1 atom stereocenters. The highest BCUT2D eigenvalue weighted by molar-refractivity contribution is 6.35. The molecule has 5 heteroatoms. The van der Waals surface area contributed by atoms with Crippen molar-refractivity contribution in [3.63, 3.8) is 0 Å². The van der Waals surface area contributed by atoms with Crippen molar-refractivity contribution in [3.8, 4) is 0 Å². The van der Waals surface area contributed by atoms with Gasteiger partial charge in [0, 0.05) is 38.6 Å². The fourth-order valence-electron chi connectivity index (χ4n) is 1.78. The molecule has 0 N–H and O–H groups in total. The van der Waals surface area contributed by atoms with Crippen molar-refractivity contribution in [2.75, 3.05) is 6.61 Å². The molecule has 0 fully saturated rings. The minimum absolute atomic E-state index is 0.222. The second kappa shape index (κ2) is 7.09. The number of halogens is 3. The number of hydrogen-bond acceptors (Lipinski definition) is 2. The number of hydrogen-bond donors (Lipinski definition) is 0. The van der Waals surface area contributed by atoms with Crippen LogP contribution in [-0.4, -0.2) is 11.6 Å². The molecule has 0 spiro atoms. The fourth-order valence-corrected chi connectivity index (χ4v) is 2.36. The molecule has 1 heterocycles. The smallest absolute Gasteiger partial charge is 0.111 e. The molecular formula is C15H12Cl3NO. The lowest BCUT2D eigenvalue weighted by Gasteiger charge is -2.19. The highest BCUT2D eigenvalue weighted by Gasteiger charge is 2.18. The van der Waals surface area contributed by atoms with Gasteiger partial charge in [-0.15, -0.1) is 0 Å². The van der Waals surface area contributed by atoms with Crippen LogP contribution in [0.2, 0.25) is 10.0 Å². The van der Waals surface area contributed by atoms with Gasteiger partial charge in [-0.1, -0.05) is 53.5 Å².